The van der Waals surface area contributed by atoms with Gasteiger partial charge in [0.15, 0.2) is 0 Å². The smallest absolute Gasteiger partial charge is 0.138 e. The van der Waals surface area contributed by atoms with E-state index in [0.717, 1.165) is 16.4 Å². The van der Waals surface area contributed by atoms with Gasteiger partial charge < -0.3 is 5.32 Å². The molecule has 2 aromatic heterocycles. The molecule has 1 aliphatic rings. The maximum absolute atomic E-state index is 4.45. The highest BCUT2D eigenvalue weighted by Crippen LogP contribution is 2.39. The van der Waals surface area contributed by atoms with E-state index in [1.807, 2.05) is 23.1 Å². The molecular formula is C13H17N3S2. The molecule has 3 rings (SSSR count). The number of rotatable bonds is 4. The van der Waals surface area contributed by atoms with E-state index < -0.39 is 0 Å². The Bertz CT molecular complexity index is 565. The van der Waals surface area contributed by atoms with Crippen LogP contribution in [0.25, 0.3) is 10.2 Å². The lowest BCUT2D eigenvalue weighted by molar-refractivity contribution is 0.901. The molecule has 0 amide bonds. The van der Waals surface area contributed by atoms with E-state index >= 15 is 0 Å². The van der Waals surface area contributed by atoms with Crippen molar-refractivity contribution in [3.05, 3.63) is 16.8 Å². The molecule has 0 spiro atoms. The number of anilines is 1. The number of aryl methyl sites for hydroxylation is 2. The van der Waals surface area contributed by atoms with E-state index in [1.54, 1.807) is 6.33 Å². The molecule has 0 fully saturated rings. The third-order valence-corrected chi connectivity index (χ3v) is 5.33. The second kappa shape index (κ2) is 5.05. The Hall–Kier alpha value is -0.810. The third-order valence-electron chi connectivity index (χ3n) is 3.30. The first-order valence-electron chi connectivity index (χ1n) is 6.30. The maximum atomic E-state index is 4.45. The van der Waals surface area contributed by atoms with Crippen LogP contribution in [-0.4, -0.2) is 28.0 Å². The molecule has 0 saturated heterocycles. The van der Waals surface area contributed by atoms with E-state index in [0.29, 0.717) is 6.04 Å². The zero-order valence-corrected chi connectivity index (χ0v) is 12.3. The van der Waals surface area contributed by atoms with Crippen molar-refractivity contribution < 1.29 is 0 Å². The summed E-state index contributed by atoms with van der Waals surface area (Å²) < 4.78 is 0. The number of fused-ring (bicyclic) bond motifs is 3. The average Bonchev–Trinajstić information content (AvgIpc) is 2.89. The predicted octanol–water partition coefficient (Wildman–Crippen LogP) is 3.34. The number of hydrogen-bond donors (Lipinski definition) is 1. The average molecular weight is 279 g/mol. The van der Waals surface area contributed by atoms with Crippen LogP contribution < -0.4 is 5.32 Å². The van der Waals surface area contributed by atoms with Gasteiger partial charge in [0.2, 0.25) is 0 Å². The molecule has 0 bridgehead atoms. The molecule has 1 N–H and O–H groups in total. The summed E-state index contributed by atoms with van der Waals surface area (Å²) in [4.78, 5) is 11.5. The fourth-order valence-electron chi connectivity index (χ4n) is 2.56. The van der Waals surface area contributed by atoms with E-state index in [2.05, 4.69) is 28.5 Å². The summed E-state index contributed by atoms with van der Waals surface area (Å²) in [5, 5.41) is 4.82. The topological polar surface area (TPSA) is 37.8 Å². The number of thioether (sulfide) groups is 1. The largest absolute Gasteiger partial charge is 0.366 e. The first-order chi connectivity index (χ1) is 8.79. The van der Waals surface area contributed by atoms with Crippen LogP contribution in [0.2, 0.25) is 0 Å². The first-order valence-corrected chi connectivity index (χ1v) is 8.51. The Balaban J connectivity index is 2.01. The Morgan fingerprint density at radius 1 is 1.44 bits per heavy atom. The van der Waals surface area contributed by atoms with Crippen molar-refractivity contribution in [3.8, 4) is 0 Å². The highest BCUT2D eigenvalue weighted by molar-refractivity contribution is 7.98. The summed E-state index contributed by atoms with van der Waals surface area (Å²) in [6, 6.07) is 0.440. The summed E-state index contributed by atoms with van der Waals surface area (Å²) >= 11 is 3.70. The van der Waals surface area contributed by atoms with Crippen LogP contribution in [-0.2, 0) is 12.8 Å². The standard InChI is InChI=1S/C13H17N3S2/c1-8(6-17-2)16-12-11-9-4-3-5-10(9)18-13(11)15-7-14-12/h7-8H,3-6H2,1-2H3,(H,14,15,16). The first kappa shape index (κ1) is 12.2. The molecule has 5 heteroatoms. The molecule has 0 aromatic carbocycles. The van der Waals surface area contributed by atoms with E-state index in [1.165, 1.54) is 35.1 Å². The Kier molecular flexibility index (Phi) is 3.43. The van der Waals surface area contributed by atoms with Gasteiger partial charge in [-0.1, -0.05) is 0 Å². The van der Waals surface area contributed by atoms with Crippen molar-refractivity contribution in [1.82, 2.24) is 9.97 Å². The predicted molar refractivity (Wildman–Crippen MR) is 80.9 cm³/mol. The van der Waals surface area contributed by atoms with Crippen LogP contribution in [0.1, 0.15) is 23.8 Å². The highest BCUT2D eigenvalue weighted by atomic mass is 32.2. The molecule has 1 aliphatic carbocycles. The SMILES string of the molecule is CSCC(C)Nc1ncnc2sc3c(c12)CCC3. The van der Waals surface area contributed by atoms with Crippen LogP contribution in [0.3, 0.4) is 0 Å². The lowest BCUT2D eigenvalue weighted by Gasteiger charge is -2.14. The second-order valence-corrected chi connectivity index (χ2v) is 6.75. The summed E-state index contributed by atoms with van der Waals surface area (Å²) in [5.41, 5.74) is 1.49. The van der Waals surface area contributed by atoms with Gasteiger partial charge in [-0.3, -0.25) is 0 Å². The number of thiophene rings is 1. The summed E-state index contributed by atoms with van der Waals surface area (Å²) in [6.45, 7) is 2.21. The van der Waals surface area contributed by atoms with Crippen molar-refractivity contribution in [2.45, 2.75) is 32.2 Å². The number of nitrogens with zero attached hydrogens (tertiary/aromatic N) is 2. The second-order valence-electron chi connectivity index (χ2n) is 4.76. The number of aromatic nitrogens is 2. The van der Waals surface area contributed by atoms with Gasteiger partial charge in [0.05, 0.1) is 5.39 Å². The molecule has 0 saturated carbocycles. The minimum Gasteiger partial charge on any atom is -0.366 e. The normalized spacial score (nSPS) is 15.9. The highest BCUT2D eigenvalue weighted by Gasteiger charge is 2.21. The van der Waals surface area contributed by atoms with Gasteiger partial charge in [0, 0.05) is 16.7 Å². The summed E-state index contributed by atoms with van der Waals surface area (Å²) in [5.74, 6) is 2.12. The van der Waals surface area contributed by atoms with Crippen LogP contribution in [0.5, 0.6) is 0 Å². The van der Waals surface area contributed by atoms with Gasteiger partial charge in [-0.05, 0) is 38.0 Å². The molecule has 96 valence electrons. The van der Waals surface area contributed by atoms with Crippen molar-refractivity contribution in [3.63, 3.8) is 0 Å². The lowest BCUT2D eigenvalue weighted by atomic mass is 10.2. The molecule has 2 aromatic rings. The van der Waals surface area contributed by atoms with Gasteiger partial charge in [-0.2, -0.15) is 11.8 Å². The Morgan fingerprint density at radius 2 is 2.33 bits per heavy atom. The minimum atomic E-state index is 0.440. The molecule has 0 aliphatic heterocycles. The van der Waals surface area contributed by atoms with Crippen molar-refractivity contribution >= 4 is 39.1 Å². The third kappa shape index (κ3) is 2.10. The fourth-order valence-corrected chi connectivity index (χ4v) is 4.38. The fraction of sp³-hybridized carbons (Fsp3) is 0.538. The van der Waals surface area contributed by atoms with Gasteiger partial charge in [-0.15, -0.1) is 11.3 Å². The molecule has 1 unspecified atom stereocenters. The molecule has 3 nitrogen and oxygen atoms in total. The van der Waals surface area contributed by atoms with Gasteiger partial charge >= 0.3 is 0 Å². The number of nitrogens with one attached hydrogen (secondary N) is 1. The maximum Gasteiger partial charge on any atom is 0.138 e. The zero-order chi connectivity index (χ0) is 12.5. The van der Waals surface area contributed by atoms with E-state index in [-0.39, 0.29) is 0 Å². The molecule has 2 heterocycles. The van der Waals surface area contributed by atoms with E-state index in [9.17, 15) is 0 Å². The Morgan fingerprint density at radius 3 is 3.17 bits per heavy atom. The monoisotopic (exact) mass is 279 g/mol. The lowest BCUT2D eigenvalue weighted by Crippen LogP contribution is -2.18. The van der Waals surface area contributed by atoms with Crippen LogP contribution in [0, 0.1) is 0 Å². The van der Waals surface area contributed by atoms with Crippen LogP contribution in [0.15, 0.2) is 6.33 Å². The van der Waals surface area contributed by atoms with Gasteiger partial charge in [0.25, 0.3) is 0 Å². The summed E-state index contributed by atoms with van der Waals surface area (Å²) in [6.07, 6.45) is 7.51. The molecule has 18 heavy (non-hydrogen) atoms. The van der Waals surface area contributed by atoms with Crippen LogP contribution >= 0.6 is 23.1 Å². The number of hydrogen-bond acceptors (Lipinski definition) is 5. The molecular weight excluding hydrogens is 262 g/mol. The van der Waals surface area contributed by atoms with Crippen molar-refractivity contribution in [2.24, 2.45) is 0 Å². The summed E-state index contributed by atoms with van der Waals surface area (Å²) in [7, 11) is 0. The van der Waals surface area contributed by atoms with Gasteiger partial charge in [0.1, 0.15) is 17.0 Å². The minimum absolute atomic E-state index is 0.440. The Labute approximate surface area is 115 Å². The van der Waals surface area contributed by atoms with Crippen molar-refractivity contribution in [2.75, 3.05) is 17.3 Å². The van der Waals surface area contributed by atoms with Gasteiger partial charge in [-0.25, -0.2) is 9.97 Å². The zero-order valence-electron chi connectivity index (χ0n) is 10.7. The van der Waals surface area contributed by atoms with Crippen molar-refractivity contribution in [1.29, 1.82) is 0 Å². The molecule has 0 radical (unpaired) electrons. The van der Waals surface area contributed by atoms with Crippen LogP contribution in [0.4, 0.5) is 5.82 Å². The molecule has 1 atom stereocenters. The quantitative estimate of drug-likeness (QED) is 0.931. The van der Waals surface area contributed by atoms with E-state index in [4.69, 9.17) is 0 Å².